The first-order valence-electron chi connectivity index (χ1n) is 8.46. The molecule has 1 fully saturated rings. The van der Waals surface area contributed by atoms with E-state index in [0.717, 1.165) is 31.1 Å². The van der Waals surface area contributed by atoms with Crippen molar-refractivity contribution in [3.05, 3.63) is 10.0 Å². The summed E-state index contributed by atoms with van der Waals surface area (Å²) in [7, 11) is 2.02. The van der Waals surface area contributed by atoms with E-state index in [9.17, 15) is 9.90 Å². The molecular formula is C17H29N3O3S. The number of Topliss-reactive ketones (excluding diaryl/α,β-unsaturated/α-hetero) is 1. The molecule has 1 aliphatic rings. The number of aromatic nitrogens is 2. The van der Waals surface area contributed by atoms with Crippen LogP contribution in [0, 0.1) is 0 Å². The van der Waals surface area contributed by atoms with Crippen molar-refractivity contribution in [3.63, 3.8) is 0 Å². The molecule has 0 atom stereocenters. The quantitative estimate of drug-likeness (QED) is 0.804. The maximum Gasteiger partial charge on any atom is 0.159 e. The molecule has 1 N–H and O–H groups in total. The summed E-state index contributed by atoms with van der Waals surface area (Å²) in [4.78, 5) is 15.0. The second kappa shape index (κ2) is 7.56. The third-order valence-electron chi connectivity index (χ3n) is 5.06. The van der Waals surface area contributed by atoms with Crippen molar-refractivity contribution in [2.45, 2.75) is 64.0 Å². The zero-order valence-corrected chi connectivity index (χ0v) is 16.2. The Morgan fingerprint density at radius 3 is 2.50 bits per heavy atom. The van der Waals surface area contributed by atoms with Gasteiger partial charge in [0, 0.05) is 24.7 Å². The van der Waals surface area contributed by atoms with Crippen molar-refractivity contribution in [3.8, 4) is 0 Å². The van der Waals surface area contributed by atoms with E-state index in [1.807, 2.05) is 34.7 Å². The molecule has 0 aromatic carbocycles. The lowest BCUT2D eigenvalue weighted by Gasteiger charge is -2.41. The molecule has 1 aromatic rings. The van der Waals surface area contributed by atoms with Crippen LogP contribution in [0.3, 0.4) is 0 Å². The molecule has 1 aromatic heterocycles. The summed E-state index contributed by atoms with van der Waals surface area (Å²) in [6.45, 7) is 9.32. The minimum absolute atomic E-state index is 0.00750. The molecule has 0 saturated carbocycles. The van der Waals surface area contributed by atoms with Crippen molar-refractivity contribution >= 4 is 17.1 Å². The van der Waals surface area contributed by atoms with Crippen LogP contribution in [-0.2, 0) is 21.4 Å². The number of ketones is 1. The molecule has 0 amide bonds. The van der Waals surface area contributed by atoms with Crippen LogP contribution in [0.1, 0.15) is 50.6 Å². The zero-order chi connectivity index (χ0) is 18.0. The number of carbonyl (C=O) groups is 1. The van der Waals surface area contributed by atoms with Gasteiger partial charge in [-0.15, -0.1) is 21.5 Å². The third kappa shape index (κ3) is 4.20. The Hall–Kier alpha value is -0.890. The summed E-state index contributed by atoms with van der Waals surface area (Å²) in [5.74, 6) is 0.140. The summed E-state index contributed by atoms with van der Waals surface area (Å²) >= 11 is 1.41. The Morgan fingerprint density at radius 1 is 1.29 bits per heavy atom. The molecule has 0 unspecified atom stereocenters. The van der Waals surface area contributed by atoms with E-state index in [1.165, 1.54) is 11.3 Å². The Balaban J connectivity index is 2.05. The van der Waals surface area contributed by atoms with Gasteiger partial charge in [-0.25, -0.2) is 0 Å². The highest BCUT2D eigenvalue weighted by Crippen LogP contribution is 2.28. The Kier molecular flexibility index (Phi) is 6.12. The van der Waals surface area contributed by atoms with Gasteiger partial charge in [0.1, 0.15) is 10.0 Å². The number of aliphatic hydroxyl groups is 1. The minimum atomic E-state index is -0.555. The van der Waals surface area contributed by atoms with Gasteiger partial charge in [0.25, 0.3) is 0 Å². The molecule has 136 valence electrons. The molecule has 0 spiro atoms. The van der Waals surface area contributed by atoms with Crippen LogP contribution in [0.4, 0.5) is 0 Å². The lowest BCUT2D eigenvalue weighted by Crippen LogP contribution is -2.54. The number of aliphatic hydroxyl groups excluding tert-OH is 1. The summed E-state index contributed by atoms with van der Waals surface area (Å²) in [6, 6.07) is 0.371. The van der Waals surface area contributed by atoms with Crippen LogP contribution in [0.25, 0.3) is 0 Å². The molecule has 2 rings (SSSR count). The SMILES string of the molecule is CN(C1CCOCC1)C(C)(C)C(=O)Cc1nnc(C(C)(C)CO)s1. The van der Waals surface area contributed by atoms with Gasteiger partial charge in [0.2, 0.25) is 0 Å². The number of carbonyl (C=O) groups excluding carboxylic acids is 1. The maximum atomic E-state index is 12.9. The van der Waals surface area contributed by atoms with Crippen molar-refractivity contribution in [1.82, 2.24) is 15.1 Å². The fourth-order valence-corrected chi connectivity index (χ4v) is 3.68. The van der Waals surface area contributed by atoms with E-state index in [4.69, 9.17) is 4.74 Å². The Bertz CT molecular complexity index is 565. The smallest absolute Gasteiger partial charge is 0.159 e. The van der Waals surface area contributed by atoms with E-state index in [1.54, 1.807) is 0 Å². The van der Waals surface area contributed by atoms with Gasteiger partial charge in [-0.05, 0) is 33.7 Å². The Morgan fingerprint density at radius 2 is 1.92 bits per heavy atom. The number of nitrogens with zero attached hydrogens (tertiary/aromatic N) is 3. The van der Waals surface area contributed by atoms with Gasteiger partial charge < -0.3 is 9.84 Å². The number of hydrogen-bond donors (Lipinski definition) is 1. The highest BCUT2D eigenvalue weighted by atomic mass is 32.1. The normalized spacial score (nSPS) is 17.5. The topological polar surface area (TPSA) is 75.5 Å². The van der Waals surface area contributed by atoms with Gasteiger partial charge in [-0.2, -0.15) is 0 Å². The van der Waals surface area contributed by atoms with E-state index in [-0.39, 0.29) is 18.8 Å². The summed E-state index contributed by atoms with van der Waals surface area (Å²) in [6.07, 6.45) is 2.20. The number of hydrogen-bond acceptors (Lipinski definition) is 7. The summed E-state index contributed by atoms with van der Waals surface area (Å²) in [5, 5.41) is 19.2. The molecule has 24 heavy (non-hydrogen) atoms. The molecular weight excluding hydrogens is 326 g/mol. The molecule has 2 heterocycles. The standard InChI is InChI=1S/C17H29N3O3S/c1-16(2,11-21)15-19-18-14(24-15)10-13(22)17(3,4)20(5)12-6-8-23-9-7-12/h12,21H,6-11H2,1-5H3. The van der Waals surface area contributed by atoms with E-state index in [2.05, 4.69) is 15.1 Å². The van der Waals surface area contributed by atoms with Crippen LogP contribution in [0.15, 0.2) is 0 Å². The second-order valence-electron chi connectivity index (χ2n) is 7.66. The number of ether oxygens (including phenoxy) is 1. The van der Waals surface area contributed by atoms with Crippen molar-refractivity contribution in [2.24, 2.45) is 0 Å². The van der Waals surface area contributed by atoms with Gasteiger partial charge >= 0.3 is 0 Å². The maximum absolute atomic E-state index is 12.9. The van der Waals surface area contributed by atoms with Gasteiger partial charge in [-0.3, -0.25) is 9.69 Å². The first-order chi connectivity index (χ1) is 11.2. The first kappa shape index (κ1) is 19.4. The molecule has 0 radical (unpaired) electrons. The predicted octanol–water partition coefficient (Wildman–Crippen LogP) is 1.81. The third-order valence-corrected chi connectivity index (χ3v) is 6.34. The van der Waals surface area contributed by atoms with Crippen molar-refractivity contribution in [2.75, 3.05) is 26.9 Å². The molecule has 1 saturated heterocycles. The Labute approximate surface area is 148 Å². The van der Waals surface area contributed by atoms with Gasteiger partial charge in [0.05, 0.1) is 18.6 Å². The summed E-state index contributed by atoms with van der Waals surface area (Å²) < 4.78 is 5.42. The fraction of sp³-hybridized carbons (Fsp3) is 0.824. The van der Waals surface area contributed by atoms with Crippen LogP contribution in [0.5, 0.6) is 0 Å². The lowest BCUT2D eigenvalue weighted by atomic mass is 9.91. The molecule has 0 aliphatic carbocycles. The highest BCUT2D eigenvalue weighted by Gasteiger charge is 2.37. The van der Waals surface area contributed by atoms with E-state index >= 15 is 0 Å². The molecule has 6 nitrogen and oxygen atoms in total. The average molecular weight is 356 g/mol. The van der Waals surface area contributed by atoms with Crippen LogP contribution in [-0.4, -0.2) is 64.4 Å². The number of likely N-dealkylation sites (N-methyl/N-ethyl adjacent to an activating group) is 1. The lowest BCUT2D eigenvalue weighted by molar-refractivity contribution is -0.130. The predicted molar refractivity (Wildman–Crippen MR) is 94.4 cm³/mol. The fourth-order valence-electron chi connectivity index (χ4n) is 2.75. The first-order valence-corrected chi connectivity index (χ1v) is 9.28. The molecule has 7 heteroatoms. The zero-order valence-electron chi connectivity index (χ0n) is 15.3. The van der Waals surface area contributed by atoms with Crippen molar-refractivity contribution < 1.29 is 14.6 Å². The van der Waals surface area contributed by atoms with Gasteiger partial charge in [-0.1, -0.05) is 13.8 Å². The number of rotatable bonds is 7. The van der Waals surface area contributed by atoms with E-state index in [0.29, 0.717) is 11.0 Å². The highest BCUT2D eigenvalue weighted by molar-refractivity contribution is 7.11. The van der Waals surface area contributed by atoms with Crippen molar-refractivity contribution in [1.29, 1.82) is 0 Å². The average Bonchev–Trinajstić information content (AvgIpc) is 3.04. The van der Waals surface area contributed by atoms with Crippen LogP contribution < -0.4 is 0 Å². The monoisotopic (exact) mass is 355 g/mol. The molecule has 1 aliphatic heterocycles. The largest absolute Gasteiger partial charge is 0.395 e. The van der Waals surface area contributed by atoms with Crippen LogP contribution in [0.2, 0.25) is 0 Å². The van der Waals surface area contributed by atoms with E-state index < -0.39 is 11.0 Å². The second-order valence-corrected chi connectivity index (χ2v) is 8.72. The minimum Gasteiger partial charge on any atom is -0.395 e. The van der Waals surface area contributed by atoms with Crippen LogP contribution >= 0.6 is 11.3 Å². The summed E-state index contributed by atoms with van der Waals surface area (Å²) in [5.41, 5.74) is -0.978. The molecule has 0 bridgehead atoms. The van der Waals surface area contributed by atoms with Gasteiger partial charge in [0.15, 0.2) is 5.78 Å².